The van der Waals surface area contributed by atoms with Crippen LogP contribution in [0.25, 0.3) is 0 Å². The van der Waals surface area contributed by atoms with Crippen molar-refractivity contribution in [2.24, 2.45) is 0 Å². The SMILES string of the molecule is COCC(CCO)NC(C)c1ccc([N+](=O)[O-])cc1. The van der Waals surface area contributed by atoms with Gasteiger partial charge in [0.1, 0.15) is 0 Å². The summed E-state index contributed by atoms with van der Waals surface area (Å²) in [4.78, 5) is 10.2. The van der Waals surface area contributed by atoms with E-state index in [9.17, 15) is 10.1 Å². The number of rotatable bonds is 8. The van der Waals surface area contributed by atoms with E-state index in [0.29, 0.717) is 13.0 Å². The topological polar surface area (TPSA) is 84.6 Å². The van der Waals surface area contributed by atoms with Crippen LogP contribution in [0.3, 0.4) is 0 Å². The Bertz CT molecular complexity index is 388. The first-order chi connectivity index (χ1) is 9.08. The first kappa shape index (κ1) is 15.6. The Morgan fingerprint density at radius 3 is 2.53 bits per heavy atom. The molecule has 0 saturated carbocycles. The van der Waals surface area contributed by atoms with Crippen molar-refractivity contribution in [3.8, 4) is 0 Å². The smallest absolute Gasteiger partial charge is 0.269 e. The number of aliphatic hydroxyl groups is 1. The lowest BCUT2D eigenvalue weighted by molar-refractivity contribution is -0.384. The molecule has 0 heterocycles. The predicted octanol–water partition coefficient (Wildman–Crippen LogP) is 1.64. The summed E-state index contributed by atoms with van der Waals surface area (Å²) in [5, 5.41) is 22.9. The molecular formula is C13H20N2O4. The molecule has 0 spiro atoms. The van der Waals surface area contributed by atoms with E-state index in [1.807, 2.05) is 6.92 Å². The maximum absolute atomic E-state index is 10.6. The predicted molar refractivity (Wildman–Crippen MR) is 72.0 cm³/mol. The van der Waals surface area contributed by atoms with E-state index in [-0.39, 0.29) is 24.4 Å². The molecule has 0 bridgehead atoms. The number of nitrogens with zero attached hydrogens (tertiary/aromatic N) is 1. The third-order valence-electron chi connectivity index (χ3n) is 2.94. The van der Waals surface area contributed by atoms with Gasteiger partial charge in [0.25, 0.3) is 5.69 Å². The Labute approximate surface area is 112 Å². The van der Waals surface area contributed by atoms with Crippen molar-refractivity contribution in [2.75, 3.05) is 20.3 Å². The minimum absolute atomic E-state index is 0.0347. The highest BCUT2D eigenvalue weighted by Crippen LogP contribution is 2.18. The average molecular weight is 268 g/mol. The minimum Gasteiger partial charge on any atom is -0.396 e. The maximum Gasteiger partial charge on any atom is 0.269 e. The number of methoxy groups -OCH3 is 1. The normalized spacial score (nSPS) is 14.1. The molecule has 0 aliphatic carbocycles. The molecule has 2 atom stereocenters. The van der Waals surface area contributed by atoms with Gasteiger partial charge in [0.15, 0.2) is 0 Å². The Morgan fingerprint density at radius 1 is 1.42 bits per heavy atom. The van der Waals surface area contributed by atoms with Crippen LogP contribution in [0.4, 0.5) is 5.69 Å². The monoisotopic (exact) mass is 268 g/mol. The van der Waals surface area contributed by atoms with Gasteiger partial charge in [-0.1, -0.05) is 12.1 Å². The number of non-ortho nitro benzene ring substituents is 1. The van der Waals surface area contributed by atoms with Crippen LogP contribution in [-0.2, 0) is 4.74 Å². The standard InChI is InChI=1S/C13H20N2O4/c1-10(14-12(7-8-16)9-19-2)11-3-5-13(6-4-11)15(17)18/h3-6,10,12,14,16H,7-9H2,1-2H3. The summed E-state index contributed by atoms with van der Waals surface area (Å²) in [7, 11) is 1.61. The van der Waals surface area contributed by atoms with Gasteiger partial charge in [0, 0.05) is 37.9 Å². The van der Waals surface area contributed by atoms with Gasteiger partial charge in [-0.2, -0.15) is 0 Å². The third-order valence-corrected chi connectivity index (χ3v) is 2.94. The fourth-order valence-electron chi connectivity index (χ4n) is 1.91. The number of ether oxygens (including phenoxy) is 1. The van der Waals surface area contributed by atoms with E-state index in [1.54, 1.807) is 19.2 Å². The molecule has 0 aromatic heterocycles. The zero-order valence-corrected chi connectivity index (χ0v) is 11.2. The van der Waals surface area contributed by atoms with Crippen LogP contribution >= 0.6 is 0 Å². The largest absolute Gasteiger partial charge is 0.396 e. The van der Waals surface area contributed by atoms with Crippen LogP contribution in [0.1, 0.15) is 24.9 Å². The van der Waals surface area contributed by atoms with Crippen molar-refractivity contribution in [3.05, 3.63) is 39.9 Å². The second kappa shape index (κ2) is 7.83. The van der Waals surface area contributed by atoms with Gasteiger partial charge >= 0.3 is 0 Å². The highest BCUT2D eigenvalue weighted by molar-refractivity contribution is 5.34. The molecule has 0 saturated heterocycles. The molecule has 106 valence electrons. The fraction of sp³-hybridized carbons (Fsp3) is 0.538. The van der Waals surface area contributed by atoms with Gasteiger partial charge in [-0.05, 0) is 18.9 Å². The lowest BCUT2D eigenvalue weighted by atomic mass is 10.1. The molecule has 0 amide bonds. The lowest BCUT2D eigenvalue weighted by Crippen LogP contribution is -2.36. The molecule has 2 N–H and O–H groups in total. The highest BCUT2D eigenvalue weighted by Gasteiger charge is 2.14. The van der Waals surface area contributed by atoms with Gasteiger partial charge < -0.3 is 15.2 Å². The molecule has 6 nitrogen and oxygen atoms in total. The zero-order valence-electron chi connectivity index (χ0n) is 11.2. The molecular weight excluding hydrogens is 248 g/mol. The molecule has 1 rings (SSSR count). The molecule has 0 radical (unpaired) electrons. The summed E-state index contributed by atoms with van der Waals surface area (Å²) < 4.78 is 5.08. The number of aliphatic hydroxyl groups excluding tert-OH is 1. The van der Waals surface area contributed by atoms with Crippen molar-refractivity contribution in [2.45, 2.75) is 25.4 Å². The molecule has 0 fully saturated rings. The van der Waals surface area contributed by atoms with Crippen molar-refractivity contribution in [3.63, 3.8) is 0 Å². The van der Waals surface area contributed by atoms with Gasteiger partial charge in [-0.25, -0.2) is 0 Å². The summed E-state index contributed by atoms with van der Waals surface area (Å²) in [6.07, 6.45) is 0.602. The Morgan fingerprint density at radius 2 is 2.05 bits per heavy atom. The van der Waals surface area contributed by atoms with E-state index in [1.165, 1.54) is 12.1 Å². The third kappa shape index (κ3) is 4.94. The van der Waals surface area contributed by atoms with Crippen LogP contribution in [0.2, 0.25) is 0 Å². The zero-order chi connectivity index (χ0) is 14.3. The van der Waals surface area contributed by atoms with Gasteiger partial charge in [-0.3, -0.25) is 10.1 Å². The quantitative estimate of drug-likeness (QED) is 0.553. The number of nitro benzene ring substituents is 1. The van der Waals surface area contributed by atoms with E-state index >= 15 is 0 Å². The van der Waals surface area contributed by atoms with Crippen molar-refractivity contribution in [1.29, 1.82) is 0 Å². The molecule has 1 aromatic carbocycles. The second-order valence-electron chi connectivity index (χ2n) is 4.40. The fourth-order valence-corrected chi connectivity index (χ4v) is 1.91. The lowest BCUT2D eigenvalue weighted by Gasteiger charge is -2.22. The van der Waals surface area contributed by atoms with Crippen LogP contribution in [0.15, 0.2) is 24.3 Å². The minimum atomic E-state index is -0.415. The summed E-state index contributed by atoms with van der Waals surface area (Å²) in [5.41, 5.74) is 1.05. The highest BCUT2D eigenvalue weighted by atomic mass is 16.6. The van der Waals surface area contributed by atoms with Gasteiger partial charge in [0.05, 0.1) is 11.5 Å². The van der Waals surface area contributed by atoms with E-state index in [2.05, 4.69) is 5.32 Å². The summed E-state index contributed by atoms with van der Waals surface area (Å²) >= 11 is 0. The van der Waals surface area contributed by atoms with Crippen molar-refractivity contribution < 1.29 is 14.8 Å². The maximum atomic E-state index is 10.6. The molecule has 19 heavy (non-hydrogen) atoms. The number of nitrogens with one attached hydrogen (secondary N) is 1. The Hall–Kier alpha value is -1.50. The summed E-state index contributed by atoms with van der Waals surface area (Å²) in [5.74, 6) is 0. The Balaban J connectivity index is 2.65. The average Bonchev–Trinajstić information content (AvgIpc) is 2.39. The number of benzene rings is 1. The molecule has 6 heteroatoms. The first-order valence-electron chi connectivity index (χ1n) is 6.18. The Kier molecular flexibility index (Phi) is 6.41. The van der Waals surface area contributed by atoms with E-state index < -0.39 is 4.92 Å². The summed E-state index contributed by atoms with van der Waals surface area (Å²) in [6, 6.07) is 6.54. The molecule has 0 aliphatic rings. The van der Waals surface area contributed by atoms with Gasteiger partial charge in [0.2, 0.25) is 0 Å². The molecule has 0 aliphatic heterocycles. The van der Waals surface area contributed by atoms with Crippen LogP contribution < -0.4 is 5.32 Å². The van der Waals surface area contributed by atoms with E-state index in [0.717, 1.165) is 5.56 Å². The number of nitro groups is 1. The summed E-state index contributed by atoms with van der Waals surface area (Å²) in [6.45, 7) is 2.58. The van der Waals surface area contributed by atoms with Crippen molar-refractivity contribution >= 4 is 5.69 Å². The van der Waals surface area contributed by atoms with Crippen LogP contribution in [0, 0.1) is 10.1 Å². The van der Waals surface area contributed by atoms with Crippen molar-refractivity contribution in [1.82, 2.24) is 5.32 Å². The number of hydrogen-bond donors (Lipinski definition) is 2. The number of hydrogen-bond acceptors (Lipinski definition) is 5. The van der Waals surface area contributed by atoms with Gasteiger partial charge in [-0.15, -0.1) is 0 Å². The second-order valence-corrected chi connectivity index (χ2v) is 4.40. The van der Waals surface area contributed by atoms with Crippen LogP contribution in [-0.4, -0.2) is 36.4 Å². The molecule has 1 aromatic rings. The first-order valence-corrected chi connectivity index (χ1v) is 6.18. The van der Waals surface area contributed by atoms with E-state index in [4.69, 9.17) is 9.84 Å². The molecule has 2 unspecified atom stereocenters. The van der Waals surface area contributed by atoms with Crippen LogP contribution in [0.5, 0.6) is 0 Å².